The topological polar surface area (TPSA) is 87.8 Å². The maximum atomic E-state index is 11.9. The number of carbonyl (C=O) groups is 1. The molecule has 0 aliphatic rings. The highest BCUT2D eigenvalue weighted by Gasteiger charge is 2.14. The van der Waals surface area contributed by atoms with Gasteiger partial charge in [-0.1, -0.05) is 30.3 Å². The molecule has 0 saturated heterocycles. The van der Waals surface area contributed by atoms with E-state index < -0.39 is 10.8 Å². The molecule has 124 valence electrons. The number of para-hydroxylation sites is 1. The first-order chi connectivity index (χ1) is 11.5. The highest BCUT2D eigenvalue weighted by atomic mass is 16.6. The summed E-state index contributed by atoms with van der Waals surface area (Å²) >= 11 is 0. The number of nitrogens with one attached hydrogen (secondary N) is 1. The second-order valence-electron chi connectivity index (χ2n) is 5.34. The molecule has 0 fully saturated rings. The Morgan fingerprint density at radius 2 is 1.88 bits per heavy atom. The summed E-state index contributed by atoms with van der Waals surface area (Å²) in [6.07, 6.45) is 1.42. The first-order valence-electron chi connectivity index (χ1n) is 7.29. The molecule has 0 bridgehead atoms. The van der Waals surface area contributed by atoms with Crippen molar-refractivity contribution in [2.45, 2.75) is 6.42 Å². The highest BCUT2D eigenvalue weighted by Crippen LogP contribution is 2.17. The van der Waals surface area contributed by atoms with Crippen LogP contribution in [0.15, 0.2) is 53.6 Å². The smallest absolute Gasteiger partial charge is 0.273 e. The fourth-order valence-corrected chi connectivity index (χ4v) is 2.09. The Balaban J connectivity index is 1.95. The maximum absolute atomic E-state index is 11.9. The van der Waals surface area contributed by atoms with E-state index >= 15 is 0 Å². The molecule has 0 aliphatic carbocycles. The van der Waals surface area contributed by atoms with E-state index in [1.807, 2.05) is 43.3 Å². The van der Waals surface area contributed by atoms with Gasteiger partial charge in [0.25, 0.3) is 5.69 Å². The van der Waals surface area contributed by atoms with E-state index in [1.54, 1.807) is 18.2 Å². The van der Waals surface area contributed by atoms with Crippen molar-refractivity contribution in [2.75, 3.05) is 19.0 Å². The molecule has 2 rings (SSSR count). The maximum Gasteiger partial charge on any atom is 0.273 e. The van der Waals surface area contributed by atoms with E-state index in [1.165, 1.54) is 12.3 Å². The summed E-state index contributed by atoms with van der Waals surface area (Å²) in [6, 6.07) is 13.8. The van der Waals surface area contributed by atoms with Crippen LogP contribution in [-0.4, -0.2) is 31.1 Å². The largest absolute Gasteiger partial charge is 0.378 e. The third kappa shape index (κ3) is 4.64. The van der Waals surface area contributed by atoms with E-state index in [0.29, 0.717) is 5.56 Å². The Morgan fingerprint density at radius 1 is 1.21 bits per heavy atom. The third-order valence-corrected chi connectivity index (χ3v) is 3.35. The summed E-state index contributed by atoms with van der Waals surface area (Å²) in [5.74, 6) is -0.412. The molecule has 0 aliphatic heterocycles. The second-order valence-corrected chi connectivity index (χ2v) is 5.34. The van der Waals surface area contributed by atoms with Gasteiger partial charge in [-0.3, -0.25) is 14.9 Å². The average molecular weight is 326 g/mol. The molecular weight excluding hydrogens is 308 g/mol. The molecule has 0 spiro atoms. The van der Waals surface area contributed by atoms with Crippen LogP contribution in [0.2, 0.25) is 0 Å². The molecule has 0 atom stereocenters. The van der Waals surface area contributed by atoms with Crippen LogP contribution in [0.5, 0.6) is 0 Å². The van der Waals surface area contributed by atoms with Crippen molar-refractivity contribution in [3.05, 3.63) is 69.8 Å². The van der Waals surface area contributed by atoms with Crippen molar-refractivity contribution >= 4 is 23.5 Å². The molecule has 0 heterocycles. The first kappa shape index (κ1) is 17.1. The Kier molecular flexibility index (Phi) is 5.62. The van der Waals surface area contributed by atoms with Gasteiger partial charge in [0.05, 0.1) is 17.6 Å². The third-order valence-electron chi connectivity index (χ3n) is 3.35. The van der Waals surface area contributed by atoms with Gasteiger partial charge in [0, 0.05) is 31.4 Å². The van der Waals surface area contributed by atoms with E-state index in [9.17, 15) is 14.9 Å². The lowest BCUT2D eigenvalue weighted by atomic mass is 10.1. The number of carbonyl (C=O) groups excluding carboxylic acids is 1. The number of nitro benzene ring substituents is 1. The van der Waals surface area contributed by atoms with Crippen molar-refractivity contribution in [1.82, 2.24) is 5.43 Å². The predicted octanol–water partition coefficient (Wildman–Crippen LogP) is 2.35. The van der Waals surface area contributed by atoms with E-state index in [0.717, 1.165) is 11.3 Å². The summed E-state index contributed by atoms with van der Waals surface area (Å²) in [5, 5.41) is 14.8. The first-order valence-corrected chi connectivity index (χ1v) is 7.29. The number of benzene rings is 2. The molecule has 7 nitrogen and oxygen atoms in total. The molecule has 1 amide bonds. The normalized spacial score (nSPS) is 10.6. The Bertz CT molecular complexity index is 755. The van der Waals surface area contributed by atoms with Crippen molar-refractivity contribution in [3.8, 4) is 0 Å². The lowest BCUT2D eigenvalue weighted by Crippen LogP contribution is -2.20. The van der Waals surface area contributed by atoms with Crippen molar-refractivity contribution in [1.29, 1.82) is 0 Å². The Morgan fingerprint density at radius 3 is 2.50 bits per heavy atom. The van der Waals surface area contributed by atoms with Crippen molar-refractivity contribution < 1.29 is 9.72 Å². The van der Waals surface area contributed by atoms with Gasteiger partial charge in [-0.05, 0) is 17.7 Å². The summed E-state index contributed by atoms with van der Waals surface area (Å²) in [7, 11) is 3.90. The fourth-order valence-electron chi connectivity index (χ4n) is 2.09. The standard InChI is InChI=1S/C17H18N4O3/c1-20(2)15-9-7-13(8-10-15)12-18-19-17(22)11-14-5-3-4-6-16(14)21(23)24/h3-10,12H,11H2,1-2H3,(H,19,22). The summed E-state index contributed by atoms with van der Waals surface area (Å²) in [6.45, 7) is 0. The van der Waals surface area contributed by atoms with Gasteiger partial charge >= 0.3 is 0 Å². The minimum absolute atomic E-state index is 0.0732. The average Bonchev–Trinajstić information content (AvgIpc) is 2.55. The molecule has 0 saturated carbocycles. The van der Waals surface area contributed by atoms with Gasteiger partial charge in [-0.2, -0.15) is 5.10 Å². The molecular formula is C17H18N4O3. The number of nitrogens with zero attached hydrogens (tertiary/aromatic N) is 3. The number of nitro groups is 1. The zero-order valence-electron chi connectivity index (χ0n) is 13.5. The highest BCUT2D eigenvalue weighted by molar-refractivity contribution is 5.84. The van der Waals surface area contributed by atoms with Crippen LogP contribution in [0.1, 0.15) is 11.1 Å². The minimum Gasteiger partial charge on any atom is -0.378 e. The van der Waals surface area contributed by atoms with Gasteiger partial charge in [-0.25, -0.2) is 5.43 Å². The van der Waals surface area contributed by atoms with E-state index in [2.05, 4.69) is 10.5 Å². The van der Waals surface area contributed by atoms with Crippen LogP contribution < -0.4 is 10.3 Å². The van der Waals surface area contributed by atoms with Crippen molar-refractivity contribution in [2.24, 2.45) is 5.10 Å². The van der Waals surface area contributed by atoms with Crippen LogP contribution in [0, 0.1) is 10.1 Å². The lowest BCUT2D eigenvalue weighted by molar-refractivity contribution is -0.385. The molecule has 0 aromatic heterocycles. The molecule has 2 aromatic rings. The molecule has 0 radical (unpaired) electrons. The second kappa shape index (κ2) is 7.87. The molecule has 24 heavy (non-hydrogen) atoms. The van der Waals surface area contributed by atoms with Gasteiger partial charge < -0.3 is 4.90 Å². The number of hydrogen-bond donors (Lipinski definition) is 1. The van der Waals surface area contributed by atoms with Crippen LogP contribution >= 0.6 is 0 Å². The summed E-state index contributed by atoms with van der Waals surface area (Å²) in [4.78, 5) is 24.3. The molecule has 0 unspecified atom stereocenters. The number of hydrazone groups is 1. The quantitative estimate of drug-likeness (QED) is 0.501. The molecule has 2 aromatic carbocycles. The van der Waals surface area contributed by atoms with E-state index in [-0.39, 0.29) is 12.1 Å². The number of amides is 1. The fraction of sp³-hybridized carbons (Fsp3) is 0.176. The van der Waals surface area contributed by atoms with Crippen LogP contribution in [-0.2, 0) is 11.2 Å². The molecule has 1 N–H and O–H groups in total. The van der Waals surface area contributed by atoms with Crippen LogP contribution in [0.3, 0.4) is 0 Å². The number of rotatable bonds is 6. The van der Waals surface area contributed by atoms with Gasteiger partial charge in [0.1, 0.15) is 0 Å². The van der Waals surface area contributed by atoms with Crippen LogP contribution in [0.4, 0.5) is 11.4 Å². The summed E-state index contributed by atoms with van der Waals surface area (Å²) < 4.78 is 0. The monoisotopic (exact) mass is 326 g/mol. The minimum atomic E-state index is -0.502. The predicted molar refractivity (Wildman–Crippen MR) is 93.3 cm³/mol. The lowest BCUT2D eigenvalue weighted by Gasteiger charge is -2.11. The van der Waals surface area contributed by atoms with E-state index in [4.69, 9.17) is 0 Å². The van der Waals surface area contributed by atoms with Crippen LogP contribution in [0.25, 0.3) is 0 Å². The SMILES string of the molecule is CN(C)c1ccc(C=NNC(=O)Cc2ccccc2[N+](=O)[O-])cc1. The van der Waals surface area contributed by atoms with Gasteiger partial charge in [0.15, 0.2) is 0 Å². The zero-order valence-corrected chi connectivity index (χ0v) is 13.5. The van der Waals surface area contributed by atoms with Gasteiger partial charge in [0.2, 0.25) is 5.91 Å². The number of anilines is 1. The molecule has 7 heteroatoms. The van der Waals surface area contributed by atoms with Gasteiger partial charge in [-0.15, -0.1) is 0 Å². The van der Waals surface area contributed by atoms with Crippen molar-refractivity contribution in [3.63, 3.8) is 0 Å². The Labute approximate surface area is 139 Å². The summed E-state index contributed by atoms with van der Waals surface area (Å²) in [5.41, 5.74) is 4.56. The zero-order chi connectivity index (χ0) is 17.5. The number of hydrogen-bond acceptors (Lipinski definition) is 5. The Hall–Kier alpha value is -3.22.